The molecule has 0 aliphatic heterocycles. The molecule has 0 aromatic heterocycles. The number of carboxylic acid groups (broad SMARTS) is 1. The topological polar surface area (TPSA) is 65.0 Å². The first-order chi connectivity index (χ1) is 19.9. The van der Waals surface area contributed by atoms with E-state index in [0.29, 0.717) is 25.4 Å². The van der Waals surface area contributed by atoms with Crippen molar-refractivity contribution in [1.29, 1.82) is 0 Å². The van der Waals surface area contributed by atoms with Gasteiger partial charge in [0, 0.05) is 19.4 Å². The molecule has 0 fully saturated rings. The molecule has 0 saturated heterocycles. The molecule has 5 rings (SSSR count). The van der Waals surface area contributed by atoms with Gasteiger partial charge in [-0.05, 0) is 58.0 Å². The number of methoxy groups -OCH3 is 1. The number of carboxylic acids is 1. The van der Waals surface area contributed by atoms with Crippen LogP contribution in [0.2, 0.25) is 0 Å². The minimum Gasteiger partial charge on any atom is -0.491 e. The maximum absolute atomic E-state index is 11.2. The molecule has 3 unspecified atom stereocenters. The predicted octanol–water partition coefficient (Wildman–Crippen LogP) is 7.46. The standard InChI is InChI=1S/C36H36O5/c1-24-9-18-32-30(21-24)15-13-28-12-14-29(25(2)27-7-5-4-6-8-27)23-33(28)35(32)41-20-19-40-31-16-10-26(11-17-31)22-34(39-3)36(37)38/h4-18,21,23,25,34-35H,19-20,22H2,1-3H3,(H,37,38). The van der Waals surface area contributed by atoms with Gasteiger partial charge >= 0.3 is 5.97 Å². The first-order valence-electron chi connectivity index (χ1n) is 14.0. The molecule has 1 N–H and O–H groups in total. The lowest BCUT2D eigenvalue weighted by molar-refractivity contribution is -0.148. The minimum absolute atomic E-state index is 0.230. The smallest absolute Gasteiger partial charge is 0.333 e. The van der Waals surface area contributed by atoms with Crippen LogP contribution >= 0.6 is 0 Å². The number of hydrogen-bond donors (Lipinski definition) is 1. The molecule has 5 nitrogen and oxygen atoms in total. The Morgan fingerprint density at radius 2 is 1.59 bits per heavy atom. The van der Waals surface area contributed by atoms with Gasteiger partial charge in [-0.1, -0.05) is 104 Å². The Bertz CT molecular complexity index is 1510. The monoisotopic (exact) mass is 548 g/mol. The van der Waals surface area contributed by atoms with Crippen molar-refractivity contribution in [3.63, 3.8) is 0 Å². The Kier molecular flexibility index (Phi) is 8.98. The van der Waals surface area contributed by atoms with Crippen molar-refractivity contribution in [2.45, 2.75) is 38.4 Å². The normalized spacial score (nSPS) is 15.3. The van der Waals surface area contributed by atoms with Crippen molar-refractivity contribution in [1.82, 2.24) is 0 Å². The van der Waals surface area contributed by atoms with Crippen LogP contribution in [0.15, 0.2) is 91.0 Å². The molecule has 4 aromatic rings. The summed E-state index contributed by atoms with van der Waals surface area (Å²) in [6.07, 6.45) is 3.57. The molecule has 0 bridgehead atoms. The van der Waals surface area contributed by atoms with E-state index >= 15 is 0 Å². The summed E-state index contributed by atoms with van der Waals surface area (Å²) in [5.74, 6) is -0.00828. The van der Waals surface area contributed by atoms with Gasteiger partial charge in [0.05, 0.1) is 6.61 Å². The third-order valence-electron chi connectivity index (χ3n) is 7.70. The van der Waals surface area contributed by atoms with Crippen molar-refractivity contribution in [3.05, 3.63) is 136 Å². The zero-order valence-corrected chi connectivity index (χ0v) is 23.7. The molecule has 1 aliphatic carbocycles. The number of aryl methyl sites for hydroxylation is 1. The molecule has 210 valence electrons. The fourth-order valence-electron chi connectivity index (χ4n) is 5.31. The van der Waals surface area contributed by atoms with E-state index in [-0.39, 0.29) is 12.0 Å². The van der Waals surface area contributed by atoms with Crippen LogP contribution < -0.4 is 4.74 Å². The second-order valence-electron chi connectivity index (χ2n) is 10.5. The van der Waals surface area contributed by atoms with Crippen LogP contribution in [0.25, 0.3) is 12.2 Å². The summed E-state index contributed by atoms with van der Waals surface area (Å²) in [6, 6.07) is 31.2. The molecule has 0 amide bonds. The molecule has 3 atom stereocenters. The second-order valence-corrected chi connectivity index (χ2v) is 10.5. The summed E-state index contributed by atoms with van der Waals surface area (Å²) in [5, 5.41) is 9.22. The lowest BCUT2D eigenvalue weighted by Gasteiger charge is -2.23. The van der Waals surface area contributed by atoms with Gasteiger partial charge in [-0.25, -0.2) is 4.79 Å². The van der Waals surface area contributed by atoms with Gasteiger partial charge in [0.1, 0.15) is 18.5 Å². The number of rotatable bonds is 11. The quantitative estimate of drug-likeness (QED) is 0.197. The zero-order chi connectivity index (χ0) is 28.8. The number of benzene rings is 4. The molecule has 5 heteroatoms. The maximum atomic E-state index is 11.2. The van der Waals surface area contributed by atoms with Crippen molar-refractivity contribution >= 4 is 18.1 Å². The third-order valence-corrected chi connectivity index (χ3v) is 7.70. The average Bonchev–Trinajstić information content (AvgIpc) is 3.14. The number of hydrogen-bond acceptors (Lipinski definition) is 4. The minimum atomic E-state index is -0.973. The molecular formula is C36H36O5. The van der Waals surface area contributed by atoms with E-state index in [1.807, 2.05) is 30.3 Å². The van der Waals surface area contributed by atoms with Gasteiger partial charge < -0.3 is 19.3 Å². The average molecular weight is 549 g/mol. The van der Waals surface area contributed by atoms with E-state index in [4.69, 9.17) is 14.2 Å². The van der Waals surface area contributed by atoms with Gasteiger partial charge in [-0.2, -0.15) is 0 Å². The van der Waals surface area contributed by atoms with E-state index in [0.717, 1.165) is 27.8 Å². The molecule has 0 spiro atoms. The number of ether oxygens (including phenoxy) is 3. The Morgan fingerprint density at radius 1 is 0.829 bits per heavy atom. The Balaban J connectivity index is 1.32. The number of fused-ring (bicyclic) bond motifs is 2. The fraction of sp³-hybridized carbons (Fsp3) is 0.250. The van der Waals surface area contributed by atoms with Crippen LogP contribution in [0, 0.1) is 6.92 Å². The number of aliphatic carboxylic acids is 1. The van der Waals surface area contributed by atoms with Crippen molar-refractivity contribution in [2.75, 3.05) is 20.3 Å². The second kappa shape index (κ2) is 13.0. The lowest BCUT2D eigenvalue weighted by Crippen LogP contribution is -2.24. The molecule has 41 heavy (non-hydrogen) atoms. The Labute approximate surface area is 242 Å². The molecule has 0 radical (unpaired) electrons. The van der Waals surface area contributed by atoms with Gasteiger partial charge in [-0.15, -0.1) is 0 Å². The lowest BCUT2D eigenvalue weighted by atomic mass is 9.88. The highest BCUT2D eigenvalue weighted by Crippen LogP contribution is 2.38. The van der Waals surface area contributed by atoms with Gasteiger partial charge in [-0.3, -0.25) is 0 Å². The maximum Gasteiger partial charge on any atom is 0.333 e. The van der Waals surface area contributed by atoms with E-state index in [9.17, 15) is 9.90 Å². The van der Waals surface area contributed by atoms with Crippen molar-refractivity contribution < 1.29 is 24.1 Å². The van der Waals surface area contributed by atoms with Crippen LogP contribution in [0.3, 0.4) is 0 Å². The molecular weight excluding hydrogens is 512 g/mol. The van der Waals surface area contributed by atoms with Crippen LogP contribution in [0.4, 0.5) is 0 Å². The summed E-state index contributed by atoms with van der Waals surface area (Å²) >= 11 is 0. The fourth-order valence-corrected chi connectivity index (χ4v) is 5.31. The first kappa shape index (κ1) is 28.3. The van der Waals surface area contributed by atoms with Crippen LogP contribution in [-0.4, -0.2) is 37.5 Å². The van der Waals surface area contributed by atoms with Crippen LogP contribution in [-0.2, 0) is 20.7 Å². The zero-order valence-electron chi connectivity index (χ0n) is 23.7. The van der Waals surface area contributed by atoms with Gasteiger partial charge in [0.15, 0.2) is 6.10 Å². The van der Waals surface area contributed by atoms with Crippen LogP contribution in [0.1, 0.15) is 63.5 Å². The highest BCUT2D eigenvalue weighted by molar-refractivity contribution is 5.77. The summed E-state index contributed by atoms with van der Waals surface area (Å²) in [5.41, 5.74) is 9.23. The summed E-state index contributed by atoms with van der Waals surface area (Å²) in [4.78, 5) is 11.2. The van der Waals surface area contributed by atoms with Crippen molar-refractivity contribution in [3.8, 4) is 5.75 Å². The predicted molar refractivity (Wildman–Crippen MR) is 162 cm³/mol. The molecule has 4 aromatic carbocycles. The molecule has 1 aliphatic rings. The highest BCUT2D eigenvalue weighted by Gasteiger charge is 2.24. The van der Waals surface area contributed by atoms with Crippen LogP contribution in [0.5, 0.6) is 5.75 Å². The highest BCUT2D eigenvalue weighted by atomic mass is 16.5. The summed E-state index contributed by atoms with van der Waals surface area (Å²) < 4.78 is 17.6. The van der Waals surface area contributed by atoms with E-state index in [1.54, 1.807) is 0 Å². The number of carbonyl (C=O) groups is 1. The first-order valence-corrected chi connectivity index (χ1v) is 14.0. The summed E-state index contributed by atoms with van der Waals surface area (Å²) in [6.45, 7) is 5.14. The Morgan fingerprint density at radius 3 is 2.32 bits per heavy atom. The van der Waals surface area contributed by atoms with Gasteiger partial charge in [0.2, 0.25) is 0 Å². The molecule has 0 saturated carbocycles. The molecule has 0 heterocycles. The SMILES string of the molecule is COC(Cc1ccc(OCCOC2c3ccc(C)cc3C=Cc3ccc(C(C)c4ccccc4)cc32)cc1)C(=O)O. The summed E-state index contributed by atoms with van der Waals surface area (Å²) in [7, 11) is 1.41. The van der Waals surface area contributed by atoms with E-state index < -0.39 is 12.1 Å². The third kappa shape index (κ3) is 6.76. The van der Waals surface area contributed by atoms with E-state index in [1.165, 1.54) is 23.8 Å². The van der Waals surface area contributed by atoms with Crippen molar-refractivity contribution in [2.24, 2.45) is 0 Å². The van der Waals surface area contributed by atoms with Gasteiger partial charge in [0.25, 0.3) is 0 Å². The Hall–Kier alpha value is -4.19. The van der Waals surface area contributed by atoms with E-state index in [2.05, 4.69) is 86.7 Å². The largest absolute Gasteiger partial charge is 0.491 e.